The third kappa shape index (κ3) is 7.08. The van der Waals surface area contributed by atoms with Crippen LogP contribution in [-0.2, 0) is 14.8 Å². The molecule has 0 spiro atoms. The first-order valence-corrected chi connectivity index (χ1v) is 10.8. The Kier molecular flexibility index (Phi) is 7.55. The molecule has 2 rings (SSSR count). The molecule has 0 fully saturated rings. The number of benzene rings is 2. The molecule has 0 bridgehead atoms. The smallest absolute Gasteiger partial charge is 0.260 e. The van der Waals surface area contributed by atoms with Crippen molar-refractivity contribution in [2.45, 2.75) is 13.8 Å². The number of ether oxygens (including phenoxy) is 1. The summed E-state index contributed by atoms with van der Waals surface area (Å²) in [5.41, 5.74) is 5.34. The van der Waals surface area contributed by atoms with Crippen LogP contribution in [0.4, 0.5) is 5.69 Å². The number of anilines is 1. The van der Waals surface area contributed by atoms with E-state index in [0.29, 0.717) is 18.0 Å². The molecule has 29 heavy (non-hydrogen) atoms. The highest BCUT2D eigenvalue weighted by atomic mass is 32.2. The van der Waals surface area contributed by atoms with Crippen molar-refractivity contribution in [1.29, 1.82) is 0 Å². The zero-order chi connectivity index (χ0) is 21.4. The summed E-state index contributed by atoms with van der Waals surface area (Å²) in [6, 6.07) is 12.5. The molecular weight excluding hydrogens is 390 g/mol. The van der Waals surface area contributed by atoms with Crippen molar-refractivity contribution in [2.75, 3.05) is 23.7 Å². The van der Waals surface area contributed by atoms with Gasteiger partial charge < -0.3 is 4.74 Å². The molecular formula is C21H25N3O4S. The maximum atomic E-state index is 12.3. The monoisotopic (exact) mass is 415 g/mol. The molecule has 0 heterocycles. The van der Waals surface area contributed by atoms with Crippen LogP contribution in [0, 0.1) is 13.8 Å². The Bertz CT molecular complexity index is 996. The maximum Gasteiger partial charge on any atom is 0.260 e. The summed E-state index contributed by atoms with van der Waals surface area (Å²) < 4.78 is 30.9. The topological polar surface area (TPSA) is 88.1 Å². The molecule has 7 nitrogen and oxygen atoms in total. The van der Waals surface area contributed by atoms with Gasteiger partial charge in [0.15, 0.2) is 0 Å². The van der Waals surface area contributed by atoms with Gasteiger partial charge in [-0.25, -0.2) is 13.8 Å². The third-order valence-electron chi connectivity index (χ3n) is 3.81. The van der Waals surface area contributed by atoms with Gasteiger partial charge in [-0.3, -0.25) is 9.10 Å². The number of carbonyl (C=O) groups is 1. The molecule has 154 valence electrons. The number of nitrogens with one attached hydrogen (secondary N) is 1. The number of aryl methyl sites for hydroxylation is 2. The SMILES string of the molecule is C=CCOc1cccc(/C=N\NC(=O)CN(c2cc(C)cc(C)c2)S(C)(=O)=O)c1. The van der Waals surface area contributed by atoms with Crippen molar-refractivity contribution in [3.63, 3.8) is 0 Å². The summed E-state index contributed by atoms with van der Waals surface area (Å²) in [6.45, 7) is 7.34. The zero-order valence-electron chi connectivity index (χ0n) is 16.8. The summed E-state index contributed by atoms with van der Waals surface area (Å²) >= 11 is 0. The van der Waals surface area contributed by atoms with Gasteiger partial charge >= 0.3 is 0 Å². The molecule has 0 unspecified atom stereocenters. The molecule has 0 aliphatic heterocycles. The van der Waals surface area contributed by atoms with Gasteiger partial charge in [0.2, 0.25) is 10.0 Å². The van der Waals surface area contributed by atoms with Gasteiger partial charge in [-0.05, 0) is 54.8 Å². The van der Waals surface area contributed by atoms with Crippen LogP contribution in [0.5, 0.6) is 5.75 Å². The molecule has 1 amide bonds. The molecule has 0 saturated carbocycles. The van der Waals surface area contributed by atoms with E-state index in [1.165, 1.54) is 6.21 Å². The Morgan fingerprint density at radius 3 is 2.52 bits per heavy atom. The Morgan fingerprint density at radius 1 is 1.21 bits per heavy atom. The van der Waals surface area contributed by atoms with Gasteiger partial charge in [0.05, 0.1) is 18.2 Å². The lowest BCUT2D eigenvalue weighted by Gasteiger charge is -2.22. The van der Waals surface area contributed by atoms with Crippen LogP contribution in [0.1, 0.15) is 16.7 Å². The molecule has 0 aromatic heterocycles. The minimum atomic E-state index is -3.64. The molecule has 1 N–H and O–H groups in total. The number of sulfonamides is 1. The molecule has 8 heteroatoms. The van der Waals surface area contributed by atoms with Crippen molar-refractivity contribution in [3.05, 3.63) is 71.8 Å². The predicted octanol–water partition coefficient (Wildman–Crippen LogP) is 2.78. The van der Waals surface area contributed by atoms with Crippen LogP contribution >= 0.6 is 0 Å². The van der Waals surface area contributed by atoms with E-state index in [-0.39, 0.29) is 6.54 Å². The van der Waals surface area contributed by atoms with Crippen molar-refractivity contribution < 1.29 is 17.9 Å². The van der Waals surface area contributed by atoms with Gasteiger partial charge in [0, 0.05) is 0 Å². The average molecular weight is 416 g/mol. The fourth-order valence-electron chi connectivity index (χ4n) is 2.68. The first-order chi connectivity index (χ1) is 13.7. The molecule has 0 atom stereocenters. The summed E-state index contributed by atoms with van der Waals surface area (Å²) in [5, 5.41) is 3.91. The van der Waals surface area contributed by atoms with Crippen molar-refractivity contribution in [2.24, 2.45) is 5.10 Å². The first kappa shape index (κ1) is 22.2. The highest BCUT2D eigenvalue weighted by Crippen LogP contribution is 2.21. The molecule has 0 aliphatic rings. The van der Waals surface area contributed by atoms with Gasteiger partial charge in [-0.1, -0.05) is 30.9 Å². The molecule has 0 aliphatic carbocycles. The summed E-state index contributed by atoms with van der Waals surface area (Å²) in [4.78, 5) is 12.3. The fraction of sp³-hybridized carbons (Fsp3) is 0.238. The number of nitrogens with zero attached hydrogens (tertiary/aromatic N) is 2. The second-order valence-electron chi connectivity index (χ2n) is 6.58. The summed E-state index contributed by atoms with van der Waals surface area (Å²) in [7, 11) is -3.64. The Morgan fingerprint density at radius 2 is 1.90 bits per heavy atom. The fourth-order valence-corrected chi connectivity index (χ4v) is 3.52. The molecule has 0 radical (unpaired) electrons. The number of hydrogen-bond donors (Lipinski definition) is 1. The second-order valence-corrected chi connectivity index (χ2v) is 8.49. The minimum Gasteiger partial charge on any atom is -0.490 e. The quantitative estimate of drug-likeness (QED) is 0.388. The molecule has 2 aromatic carbocycles. The third-order valence-corrected chi connectivity index (χ3v) is 4.95. The van der Waals surface area contributed by atoms with Crippen molar-refractivity contribution >= 4 is 27.8 Å². The normalized spacial score (nSPS) is 11.3. The van der Waals surface area contributed by atoms with Gasteiger partial charge in [0.25, 0.3) is 5.91 Å². The van der Waals surface area contributed by atoms with Gasteiger partial charge in [-0.15, -0.1) is 0 Å². The number of carbonyl (C=O) groups excluding carboxylic acids is 1. The number of amides is 1. The van der Waals surface area contributed by atoms with Crippen LogP contribution in [-0.4, -0.2) is 39.9 Å². The molecule has 2 aromatic rings. The van der Waals surface area contributed by atoms with Gasteiger partial charge in [0.1, 0.15) is 18.9 Å². The lowest BCUT2D eigenvalue weighted by atomic mass is 10.1. The van der Waals surface area contributed by atoms with Crippen LogP contribution in [0.25, 0.3) is 0 Å². The molecule has 0 saturated heterocycles. The van der Waals surface area contributed by atoms with E-state index < -0.39 is 15.9 Å². The zero-order valence-corrected chi connectivity index (χ0v) is 17.6. The summed E-state index contributed by atoms with van der Waals surface area (Å²) in [6.07, 6.45) is 4.17. The van der Waals surface area contributed by atoms with Crippen LogP contribution in [0.3, 0.4) is 0 Å². The van der Waals surface area contributed by atoms with E-state index in [1.54, 1.807) is 42.5 Å². The maximum absolute atomic E-state index is 12.3. The number of hydrazone groups is 1. The Hall–Kier alpha value is -3.13. The standard InChI is InChI=1S/C21H25N3O4S/c1-5-9-28-20-8-6-7-18(13-20)14-22-23-21(25)15-24(29(4,26)27)19-11-16(2)10-17(3)12-19/h5-8,10-14H,1,9,15H2,2-4H3,(H,23,25)/b22-14-. The second kappa shape index (κ2) is 9.88. The van der Waals surface area contributed by atoms with Crippen molar-refractivity contribution in [1.82, 2.24) is 5.43 Å². The van der Waals surface area contributed by atoms with Crippen LogP contribution in [0.2, 0.25) is 0 Å². The first-order valence-electron chi connectivity index (χ1n) is 8.90. The Balaban J connectivity index is 2.07. The van der Waals surface area contributed by atoms with Crippen LogP contribution in [0.15, 0.2) is 60.2 Å². The lowest BCUT2D eigenvalue weighted by Crippen LogP contribution is -2.39. The predicted molar refractivity (Wildman–Crippen MR) is 116 cm³/mol. The number of rotatable bonds is 9. The van der Waals surface area contributed by atoms with Crippen molar-refractivity contribution in [3.8, 4) is 5.75 Å². The number of hydrogen-bond acceptors (Lipinski definition) is 5. The van der Waals surface area contributed by atoms with E-state index in [9.17, 15) is 13.2 Å². The van der Waals surface area contributed by atoms with E-state index >= 15 is 0 Å². The highest BCUT2D eigenvalue weighted by molar-refractivity contribution is 7.92. The Labute approximate surface area is 171 Å². The average Bonchev–Trinajstić information content (AvgIpc) is 2.63. The summed E-state index contributed by atoms with van der Waals surface area (Å²) in [5.74, 6) is 0.100. The minimum absolute atomic E-state index is 0.373. The van der Waals surface area contributed by atoms with E-state index in [0.717, 1.165) is 27.3 Å². The van der Waals surface area contributed by atoms with E-state index in [2.05, 4.69) is 17.1 Å². The van der Waals surface area contributed by atoms with E-state index in [1.807, 2.05) is 19.9 Å². The largest absolute Gasteiger partial charge is 0.490 e. The highest BCUT2D eigenvalue weighted by Gasteiger charge is 2.21. The van der Waals surface area contributed by atoms with Gasteiger partial charge in [-0.2, -0.15) is 5.10 Å². The van der Waals surface area contributed by atoms with E-state index in [4.69, 9.17) is 4.74 Å². The van der Waals surface area contributed by atoms with Crippen LogP contribution < -0.4 is 14.5 Å². The lowest BCUT2D eigenvalue weighted by molar-refractivity contribution is -0.119.